The summed E-state index contributed by atoms with van der Waals surface area (Å²) in [7, 11) is -6.75. The zero-order valence-electron chi connectivity index (χ0n) is 16.7. The molecule has 29 heavy (non-hydrogen) atoms. The fourth-order valence-electron chi connectivity index (χ4n) is 3.94. The summed E-state index contributed by atoms with van der Waals surface area (Å²) >= 11 is 0. The first kappa shape index (κ1) is 22.2. The van der Waals surface area contributed by atoms with Crippen molar-refractivity contribution in [3.05, 3.63) is 30.3 Å². The Morgan fingerprint density at radius 2 is 1.66 bits per heavy atom. The van der Waals surface area contributed by atoms with Crippen LogP contribution in [0.3, 0.4) is 0 Å². The van der Waals surface area contributed by atoms with Gasteiger partial charge in [-0.1, -0.05) is 18.2 Å². The second kappa shape index (κ2) is 9.11. The maximum absolute atomic E-state index is 12.7. The molecule has 1 unspecified atom stereocenters. The minimum atomic E-state index is -3.47. The second-order valence-corrected chi connectivity index (χ2v) is 11.8. The molecule has 1 aromatic rings. The first-order valence-corrected chi connectivity index (χ1v) is 13.2. The standard InChI is InChI=1S/C19H29N3O5S2/c1-28(24,25)22-11-5-6-17(15-22)19(23)20-14-16-9-12-21(13-10-16)29(26,27)18-7-3-2-4-8-18/h2-4,7-8,16-17H,5-6,9-15H2,1H3,(H,20,23). The minimum absolute atomic E-state index is 0.113. The van der Waals surface area contributed by atoms with Gasteiger partial charge in [0.25, 0.3) is 0 Å². The van der Waals surface area contributed by atoms with Crippen molar-refractivity contribution >= 4 is 26.0 Å². The summed E-state index contributed by atoms with van der Waals surface area (Å²) in [6.45, 7) is 2.06. The van der Waals surface area contributed by atoms with Crippen LogP contribution in [0.25, 0.3) is 0 Å². The Kier molecular flexibility index (Phi) is 6.98. The summed E-state index contributed by atoms with van der Waals surface area (Å²) in [5.74, 6) is -0.217. The van der Waals surface area contributed by atoms with Gasteiger partial charge in [-0.2, -0.15) is 4.31 Å². The van der Waals surface area contributed by atoms with E-state index < -0.39 is 20.0 Å². The highest BCUT2D eigenvalue weighted by Crippen LogP contribution is 2.24. The van der Waals surface area contributed by atoms with Crippen LogP contribution < -0.4 is 5.32 Å². The van der Waals surface area contributed by atoms with E-state index in [4.69, 9.17) is 0 Å². The molecular formula is C19H29N3O5S2. The normalized spacial score (nSPS) is 23.0. The molecule has 1 amide bonds. The summed E-state index contributed by atoms with van der Waals surface area (Å²) in [5, 5.41) is 2.95. The molecule has 162 valence electrons. The van der Waals surface area contributed by atoms with Crippen molar-refractivity contribution in [3.63, 3.8) is 0 Å². The fraction of sp³-hybridized carbons (Fsp3) is 0.632. The van der Waals surface area contributed by atoms with Gasteiger partial charge in [0.15, 0.2) is 0 Å². The molecule has 10 heteroatoms. The smallest absolute Gasteiger partial charge is 0.243 e. The van der Waals surface area contributed by atoms with Crippen molar-refractivity contribution in [1.82, 2.24) is 13.9 Å². The van der Waals surface area contributed by atoms with Gasteiger partial charge >= 0.3 is 0 Å². The summed E-state index contributed by atoms with van der Waals surface area (Å²) in [4.78, 5) is 12.8. The molecule has 8 nitrogen and oxygen atoms in total. The predicted molar refractivity (Wildman–Crippen MR) is 110 cm³/mol. The van der Waals surface area contributed by atoms with Crippen LogP contribution in [0.2, 0.25) is 0 Å². The van der Waals surface area contributed by atoms with Crippen LogP contribution in [0, 0.1) is 11.8 Å². The van der Waals surface area contributed by atoms with E-state index in [1.165, 1.54) is 14.9 Å². The van der Waals surface area contributed by atoms with Gasteiger partial charge in [-0.15, -0.1) is 0 Å². The number of amides is 1. The third-order valence-corrected chi connectivity index (χ3v) is 8.93. The van der Waals surface area contributed by atoms with Gasteiger partial charge in [0.1, 0.15) is 0 Å². The number of nitrogens with one attached hydrogen (secondary N) is 1. The quantitative estimate of drug-likeness (QED) is 0.703. The van der Waals surface area contributed by atoms with Crippen LogP contribution in [0.4, 0.5) is 0 Å². The Balaban J connectivity index is 1.47. The van der Waals surface area contributed by atoms with Crippen molar-refractivity contribution < 1.29 is 21.6 Å². The number of hydrogen-bond acceptors (Lipinski definition) is 5. The lowest BCUT2D eigenvalue weighted by Gasteiger charge is -2.33. The molecule has 2 heterocycles. The van der Waals surface area contributed by atoms with Gasteiger partial charge in [-0.25, -0.2) is 21.1 Å². The van der Waals surface area contributed by atoms with E-state index in [9.17, 15) is 21.6 Å². The first-order valence-electron chi connectivity index (χ1n) is 9.96. The minimum Gasteiger partial charge on any atom is -0.356 e. The number of nitrogens with zero attached hydrogens (tertiary/aromatic N) is 2. The average molecular weight is 444 g/mol. The molecule has 1 atom stereocenters. The van der Waals surface area contributed by atoms with Gasteiger partial charge in [0, 0.05) is 32.7 Å². The molecule has 0 saturated carbocycles. The molecule has 1 aromatic carbocycles. The van der Waals surface area contributed by atoms with Gasteiger partial charge in [0.05, 0.1) is 17.1 Å². The number of piperidine rings is 2. The third-order valence-electron chi connectivity index (χ3n) is 5.74. The van der Waals surface area contributed by atoms with Crippen molar-refractivity contribution in [2.24, 2.45) is 11.8 Å². The maximum atomic E-state index is 12.7. The largest absolute Gasteiger partial charge is 0.356 e. The zero-order chi connectivity index (χ0) is 21.1. The van der Waals surface area contributed by atoms with Crippen LogP contribution in [-0.2, 0) is 24.8 Å². The number of rotatable bonds is 6. The monoisotopic (exact) mass is 443 g/mol. The number of hydrogen-bond donors (Lipinski definition) is 1. The van der Waals surface area contributed by atoms with Gasteiger partial charge in [-0.3, -0.25) is 4.79 Å². The van der Waals surface area contributed by atoms with Gasteiger partial charge < -0.3 is 5.32 Å². The van der Waals surface area contributed by atoms with Crippen molar-refractivity contribution in [2.45, 2.75) is 30.6 Å². The summed E-state index contributed by atoms with van der Waals surface area (Å²) in [6, 6.07) is 8.42. The Bertz CT molecular complexity index is 910. The van der Waals surface area contributed by atoms with E-state index in [0.717, 1.165) is 0 Å². The van der Waals surface area contributed by atoms with Crippen LogP contribution in [0.5, 0.6) is 0 Å². The van der Waals surface area contributed by atoms with Crippen molar-refractivity contribution in [3.8, 4) is 0 Å². The van der Waals surface area contributed by atoms with E-state index in [1.807, 2.05) is 0 Å². The van der Waals surface area contributed by atoms with Gasteiger partial charge in [-0.05, 0) is 43.7 Å². The highest BCUT2D eigenvalue weighted by Gasteiger charge is 2.32. The van der Waals surface area contributed by atoms with Gasteiger partial charge in [0.2, 0.25) is 26.0 Å². The van der Waals surface area contributed by atoms with Crippen LogP contribution in [0.15, 0.2) is 35.2 Å². The Labute approximate surface area is 173 Å². The lowest BCUT2D eigenvalue weighted by molar-refractivity contribution is -0.126. The molecule has 3 rings (SSSR count). The first-order chi connectivity index (χ1) is 13.7. The molecule has 2 saturated heterocycles. The topological polar surface area (TPSA) is 104 Å². The lowest BCUT2D eigenvalue weighted by atomic mass is 9.96. The van der Waals surface area contributed by atoms with E-state index in [2.05, 4.69) is 5.32 Å². The Morgan fingerprint density at radius 3 is 2.28 bits per heavy atom. The molecule has 0 aromatic heterocycles. The summed E-state index contributed by atoms with van der Waals surface area (Å²) < 4.78 is 51.7. The summed E-state index contributed by atoms with van der Waals surface area (Å²) in [5.41, 5.74) is 0. The molecule has 2 fully saturated rings. The van der Waals surface area contributed by atoms with Crippen molar-refractivity contribution in [2.75, 3.05) is 39.0 Å². The second-order valence-electron chi connectivity index (χ2n) is 7.87. The number of sulfonamides is 2. The third kappa shape index (κ3) is 5.56. The SMILES string of the molecule is CS(=O)(=O)N1CCCC(C(=O)NCC2CCN(S(=O)(=O)c3ccccc3)CC2)C1. The molecule has 0 aliphatic carbocycles. The highest BCUT2D eigenvalue weighted by atomic mass is 32.2. The zero-order valence-corrected chi connectivity index (χ0v) is 18.3. The van der Waals surface area contributed by atoms with Crippen molar-refractivity contribution in [1.29, 1.82) is 0 Å². The van der Waals surface area contributed by atoms with E-state index >= 15 is 0 Å². The fourth-order valence-corrected chi connectivity index (χ4v) is 6.34. The molecule has 2 aliphatic heterocycles. The predicted octanol–water partition coefficient (Wildman–Crippen LogP) is 0.875. The molecular weight excluding hydrogens is 414 g/mol. The molecule has 0 spiro atoms. The number of carbonyl (C=O) groups is 1. The highest BCUT2D eigenvalue weighted by molar-refractivity contribution is 7.89. The van der Waals surface area contributed by atoms with Crippen LogP contribution in [0.1, 0.15) is 25.7 Å². The number of carbonyl (C=O) groups excluding carboxylic acids is 1. The van der Waals surface area contributed by atoms with E-state index in [1.54, 1.807) is 30.3 Å². The summed E-state index contributed by atoms with van der Waals surface area (Å²) in [6.07, 6.45) is 3.91. The van der Waals surface area contributed by atoms with Crippen LogP contribution in [-0.4, -0.2) is 70.3 Å². The maximum Gasteiger partial charge on any atom is 0.243 e. The van der Waals surface area contributed by atoms with E-state index in [0.29, 0.717) is 56.8 Å². The van der Waals surface area contributed by atoms with Crippen LogP contribution >= 0.6 is 0 Å². The molecule has 1 N–H and O–H groups in total. The van der Waals surface area contributed by atoms with E-state index in [-0.39, 0.29) is 24.3 Å². The Hall–Kier alpha value is -1.49. The number of benzene rings is 1. The molecule has 0 bridgehead atoms. The average Bonchev–Trinajstić information content (AvgIpc) is 2.72. The molecule has 0 radical (unpaired) electrons. The lowest BCUT2D eigenvalue weighted by Crippen LogP contribution is -2.46. The molecule has 2 aliphatic rings. The Morgan fingerprint density at radius 1 is 1.00 bits per heavy atom.